The Morgan fingerprint density at radius 2 is 1.67 bits per heavy atom. The molecule has 4 bridgehead atoms. The standard InChI is InChI=1S/C19H30O2/c1-17(2,3)21-16(20)13-9-11-8-12(13)15-14(11)18(4)6-7-19(15,5)10-18/h11-15H,6-10H2,1-5H3. The number of hydrogen-bond acceptors (Lipinski definition) is 2. The lowest BCUT2D eigenvalue weighted by atomic mass is 9.60. The van der Waals surface area contributed by atoms with Crippen molar-refractivity contribution in [3.63, 3.8) is 0 Å². The highest BCUT2D eigenvalue weighted by molar-refractivity contribution is 5.74. The third-order valence-corrected chi connectivity index (χ3v) is 7.40. The number of fused-ring (bicyclic) bond motifs is 9. The van der Waals surface area contributed by atoms with Gasteiger partial charge in [0.1, 0.15) is 5.60 Å². The van der Waals surface area contributed by atoms with E-state index in [1.54, 1.807) is 0 Å². The highest BCUT2D eigenvalue weighted by Crippen LogP contribution is 2.77. The van der Waals surface area contributed by atoms with Crippen LogP contribution in [-0.4, -0.2) is 11.6 Å². The summed E-state index contributed by atoms with van der Waals surface area (Å²) in [4.78, 5) is 12.6. The summed E-state index contributed by atoms with van der Waals surface area (Å²) in [5.41, 5.74) is 0.750. The molecule has 0 heterocycles. The number of ether oxygens (including phenoxy) is 1. The summed E-state index contributed by atoms with van der Waals surface area (Å²) in [6.45, 7) is 11.0. The maximum atomic E-state index is 12.6. The van der Waals surface area contributed by atoms with E-state index in [0.29, 0.717) is 16.7 Å². The molecule has 4 rings (SSSR count). The van der Waals surface area contributed by atoms with Crippen molar-refractivity contribution in [3.8, 4) is 0 Å². The maximum Gasteiger partial charge on any atom is 0.309 e. The molecule has 4 fully saturated rings. The van der Waals surface area contributed by atoms with Crippen LogP contribution in [0.5, 0.6) is 0 Å². The second-order valence-corrected chi connectivity index (χ2v) is 10.1. The Morgan fingerprint density at radius 3 is 2.29 bits per heavy atom. The van der Waals surface area contributed by atoms with Gasteiger partial charge in [-0.1, -0.05) is 13.8 Å². The average Bonchev–Trinajstić information content (AvgIpc) is 3.01. The first-order chi connectivity index (χ1) is 9.63. The predicted octanol–water partition coefficient (Wildman–Crippen LogP) is 4.43. The van der Waals surface area contributed by atoms with Gasteiger partial charge in [0, 0.05) is 0 Å². The zero-order chi connectivity index (χ0) is 15.2. The first-order valence-electron chi connectivity index (χ1n) is 8.86. The van der Waals surface area contributed by atoms with Gasteiger partial charge in [-0.3, -0.25) is 4.79 Å². The number of hydrogen-bond donors (Lipinski definition) is 0. The van der Waals surface area contributed by atoms with Crippen LogP contribution < -0.4 is 0 Å². The predicted molar refractivity (Wildman–Crippen MR) is 82.6 cm³/mol. The van der Waals surface area contributed by atoms with Crippen LogP contribution in [0.2, 0.25) is 0 Å². The van der Waals surface area contributed by atoms with E-state index in [1.807, 2.05) is 20.8 Å². The summed E-state index contributed by atoms with van der Waals surface area (Å²) in [6, 6.07) is 0. The Bertz CT molecular complexity index is 490. The zero-order valence-corrected chi connectivity index (χ0v) is 14.2. The Hall–Kier alpha value is -0.530. The van der Waals surface area contributed by atoms with E-state index in [2.05, 4.69) is 13.8 Å². The topological polar surface area (TPSA) is 26.3 Å². The minimum absolute atomic E-state index is 0.0879. The lowest BCUT2D eigenvalue weighted by molar-refractivity contribution is -0.164. The molecule has 0 radical (unpaired) electrons. The molecule has 4 aliphatic carbocycles. The van der Waals surface area contributed by atoms with Crippen LogP contribution in [-0.2, 0) is 9.53 Å². The van der Waals surface area contributed by atoms with Crippen molar-refractivity contribution in [1.82, 2.24) is 0 Å². The Kier molecular flexibility index (Phi) is 2.59. The third kappa shape index (κ3) is 1.80. The molecule has 0 N–H and O–H groups in total. The van der Waals surface area contributed by atoms with Gasteiger partial charge in [0.2, 0.25) is 0 Å². The highest BCUT2D eigenvalue weighted by atomic mass is 16.6. The molecule has 7 atom stereocenters. The van der Waals surface area contributed by atoms with E-state index in [4.69, 9.17) is 4.74 Å². The minimum Gasteiger partial charge on any atom is -0.460 e. The summed E-state index contributed by atoms with van der Waals surface area (Å²) >= 11 is 0. The second-order valence-electron chi connectivity index (χ2n) is 10.1. The fraction of sp³-hybridized carbons (Fsp3) is 0.947. The van der Waals surface area contributed by atoms with Crippen LogP contribution in [0.15, 0.2) is 0 Å². The first-order valence-corrected chi connectivity index (χ1v) is 8.86. The van der Waals surface area contributed by atoms with Gasteiger partial charge < -0.3 is 4.74 Å². The van der Waals surface area contributed by atoms with Crippen LogP contribution in [0.1, 0.15) is 66.7 Å². The van der Waals surface area contributed by atoms with Gasteiger partial charge in [-0.15, -0.1) is 0 Å². The molecule has 0 spiro atoms. The van der Waals surface area contributed by atoms with Gasteiger partial charge in [-0.2, -0.15) is 0 Å². The number of carbonyl (C=O) groups excluding carboxylic acids is 1. The van der Waals surface area contributed by atoms with E-state index in [1.165, 1.54) is 25.7 Å². The molecule has 4 saturated carbocycles. The summed E-state index contributed by atoms with van der Waals surface area (Å²) < 4.78 is 5.72. The Balaban J connectivity index is 1.59. The highest BCUT2D eigenvalue weighted by Gasteiger charge is 2.71. The lowest BCUT2D eigenvalue weighted by Crippen LogP contribution is -2.42. The third-order valence-electron chi connectivity index (χ3n) is 7.40. The molecular weight excluding hydrogens is 260 g/mol. The van der Waals surface area contributed by atoms with Gasteiger partial charge >= 0.3 is 5.97 Å². The zero-order valence-electron chi connectivity index (χ0n) is 14.2. The Labute approximate surface area is 129 Å². The first kappa shape index (κ1) is 14.1. The molecule has 0 saturated heterocycles. The molecule has 2 nitrogen and oxygen atoms in total. The van der Waals surface area contributed by atoms with Crippen LogP contribution in [0.3, 0.4) is 0 Å². The van der Waals surface area contributed by atoms with Crippen molar-refractivity contribution in [2.45, 2.75) is 72.3 Å². The Morgan fingerprint density at radius 1 is 1.05 bits per heavy atom. The monoisotopic (exact) mass is 290 g/mol. The molecule has 0 aliphatic heterocycles. The molecule has 21 heavy (non-hydrogen) atoms. The van der Waals surface area contributed by atoms with E-state index in [0.717, 1.165) is 24.2 Å². The summed E-state index contributed by atoms with van der Waals surface area (Å²) in [6.07, 6.45) is 6.61. The van der Waals surface area contributed by atoms with Crippen molar-refractivity contribution in [3.05, 3.63) is 0 Å². The SMILES string of the molecule is CC(C)(C)OC(=O)C1CC2CC1C1C2C2(C)CCC1(C)C2. The van der Waals surface area contributed by atoms with Crippen LogP contribution >= 0.6 is 0 Å². The maximum absolute atomic E-state index is 12.6. The van der Waals surface area contributed by atoms with Gasteiger partial charge in [-0.05, 0) is 87.4 Å². The van der Waals surface area contributed by atoms with E-state index < -0.39 is 0 Å². The second kappa shape index (κ2) is 3.86. The van der Waals surface area contributed by atoms with E-state index in [9.17, 15) is 4.79 Å². The van der Waals surface area contributed by atoms with Gasteiger partial charge in [0.25, 0.3) is 0 Å². The summed E-state index contributed by atoms with van der Waals surface area (Å²) in [5.74, 6) is 3.39. The molecule has 2 heteroatoms. The number of esters is 1. The number of rotatable bonds is 1. The molecule has 0 aromatic rings. The number of carbonyl (C=O) groups is 1. The van der Waals surface area contributed by atoms with Crippen LogP contribution in [0.4, 0.5) is 0 Å². The molecule has 4 aliphatic rings. The minimum atomic E-state index is -0.344. The van der Waals surface area contributed by atoms with Crippen molar-refractivity contribution in [1.29, 1.82) is 0 Å². The van der Waals surface area contributed by atoms with Gasteiger partial charge in [0.15, 0.2) is 0 Å². The lowest BCUT2D eigenvalue weighted by Gasteiger charge is -2.45. The molecule has 118 valence electrons. The van der Waals surface area contributed by atoms with Crippen LogP contribution in [0.25, 0.3) is 0 Å². The average molecular weight is 290 g/mol. The van der Waals surface area contributed by atoms with E-state index >= 15 is 0 Å². The van der Waals surface area contributed by atoms with Crippen LogP contribution in [0, 0.1) is 40.4 Å². The normalized spacial score (nSPS) is 54.0. The summed E-state index contributed by atoms with van der Waals surface area (Å²) in [5, 5.41) is 0. The molecule has 0 amide bonds. The molecule has 7 unspecified atom stereocenters. The molecular formula is C19H30O2. The largest absolute Gasteiger partial charge is 0.460 e. The fourth-order valence-electron chi connectivity index (χ4n) is 7.20. The van der Waals surface area contributed by atoms with Crippen molar-refractivity contribution in [2.75, 3.05) is 0 Å². The quantitative estimate of drug-likeness (QED) is 0.527. The molecule has 0 aromatic heterocycles. The van der Waals surface area contributed by atoms with Crippen molar-refractivity contribution >= 4 is 5.97 Å². The van der Waals surface area contributed by atoms with Gasteiger partial charge in [-0.25, -0.2) is 0 Å². The van der Waals surface area contributed by atoms with Gasteiger partial charge in [0.05, 0.1) is 5.92 Å². The smallest absolute Gasteiger partial charge is 0.309 e. The fourth-order valence-corrected chi connectivity index (χ4v) is 7.20. The van der Waals surface area contributed by atoms with Crippen molar-refractivity contribution in [2.24, 2.45) is 40.4 Å². The van der Waals surface area contributed by atoms with E-state index in [-0.39, 0.29) is 17.5 Å². The molecule has 0 aromatic carbocycles. The van der Waals surface area contributed by atoms with Crippen molar-refractivity contribution < 1.29 is 9.53 Å². The summed E-state index contributed by atoms with van der Waals surface area (Å²) in [7, 11) is 0.